The van der Waals surface area contributed by atoms with Crippen molar-refractivity contribution < 1.29 is 19.5 Å². The molecule has 0 saturated carbocycles. The third kappa shape index (κ3) is 3.18. The van der Waals surface area contributed by atoms with E-state index in [1.54, 1.807) is 4.90 Å². The highest BCUT2D eigenvalue weighted by Gasteiger charge is 2.35. The van der Waals surface area contributed by atoms with Crippen molar-refractivity contribution >= 4 is 17.8 Å². The van der Waals surface area contributed by atoms with E-state index in [1.165, 1.54) is 18.7 Å². The van der Waals surface area contributed by atoms with E-state index < -0.39 is 12.0 Å². The number of carboxylic acid groups (broad SMARTS) is 1. The van der Waals surface area contributed by atoms with E-state index in [9.17, 15) is 14.4 Å². The van der Waals surface area contributed by atoms with E-state index in [0.717, 1.165) is 0 Å². The van der Waals surface area contributed by atoms with Crippen LogP contribution in [0.5, 0.6) is 0 Å². The molecular formula is C11H18N2O4. The minimum absolute atomic E-state index is 0.0681. The first-order chi connectivity index (χ1) is 7.82. The van der Waals surface area contributed by atoms with Crippen LogP contribution >= 0.6 is 0 Å². The van der Waals surface area contributed by atoms with Crippen molar-refractivity contribution in [3.05, 3.63) is 0 Å². The first kappa shape index (κ1) is 13.5. The number of carbonyl (C=O) groups excluding carboxylic acids is 2. The van der Waals surface area contributed by atoms with Crippen LogP contribution in [0.4, 0.5) is 0 Å². The average molecular weight is 242 g/mol. The number of amides is 2. The SMILES string of the molecule is CC(=O)N1C[C@@H](C)N(C(C)=O)C[C@H]1CC(=O)O. The van der Waals surface area contributed by atoms with Crippen LogP contribution in [0.1, 0.15) is 27.2 Å². The molecule has 6 heteroatoms. The van der Waals surface area contributed by atoms with Crippen LogP contribution in [0.25, 0.3) is 0 Å². The highest BCUT2D eigenvalue weighted by molar-refractivity contribution is 5.77. The smallest absolute Gasteiger partial charge is 0.305 e. The molecule has 17 heavy (non-hydrogen) atoms. The Morgan fingerprint density at radius 3 is 2.06 bits per heavy atom. The van der Waals surface area contributed by atoms with Gasteiger partial charge in [0.1, 0.15) is 0 Å². The second-order valence-electron chi connectivity index (χ2n) is 4.44. The molecule has 1 fully saturated rings. The van der Waals surface area contributed by atoms with Gasteiger partial charge in [0.15, 0.2) is 0 Å². The van der Waals surface area contributed by atoms with Gasteiger partial charge in [0.2, 0.25) is 11.8 Å². The Bertz CT molecular complexity index is 342. The second kappa shape index (κ2) is 5.16. The zero-order valence-electron chi connectivity index (χ0n) is 10.3. The summed E-state index contributed by atoms with van der Waals surface area (Å²) in [5, 5.41) is 8.81. The Kier molecular flexibility index (Phi) is 4.09. The molecule has 0 radical (unpaired) electrons. The molecule has 2 amide bonds. The largest absolute Gasteiger partial charge is 0.481 e. The topological polar surface area (TPSA) is 77.9 Å². The lowest BCUT2D eigenvalue weighted by atomic mass is 10.0. The van der Waals surface area contributed by atoms with Crippen LogP contribution in [0, 0.1) is 0 Å². The molecule has 0 aromatic carbocycles. The van der Waals surface area contributed by atoms with Gasteiger partial charge in [0, 0.05) is 33.0 Å². The van der Waals surface area contributed by atoms with Gasteiger partial charge in [-0.25, -0.2) is 0 Å². The van der Waals surface area contributed by atoms with E-state index in [4.69, 9.17) is 5.11 Å². The molecule has 0 aliphatic carbocycles. The van der Waals surface area contributed by atoms with Gasteiger partial charge in [-0.1, -0.05) is 0 Å². The van der Waals surface area contributed by atoms with Gasteiger partial charge < -0.3 is 14.9 Å². The van der Waals surface area contributed by atoms with Crippen molar-refractivity contribution in [1.82, 2.24) is 9.80 Å². The summed E-state index contributed by atoms with van der Waals surface area (Å²) in [6.07, 6.45) is -0.129. The monoisotopic (exact) mass is 242 g/mol. The van der Waals surface area contributed by atoms with E-state index in [1.807, 2.05) is 6.92 Å². The molecule has 1 saturated heterocycles. The van der Waals surface area contributed by atoms with Crippen LogP contribution in [-0.2, 0) is 14.4 Å². The Morgan fingerprint density at radius 2 is 1.65 bits per heavy atom. The quantitative estimate of drug-likeness (QED) is 0.735. The number of carboxylic acids is 1. The van der Waals surface area contributed by atoms with Gasteiger partial charge in [-0.3, -0.25) is 14.4 Å². The van der Waals surface area contributed by atoms with Gasteiger partial charge in [-0.15, -0.1) is 0 Å². The molecule has 1 rings (SSSR count). The average Bonchev–Trinajstić information content (AvgIpc) is 2.18. The summed E-state index contributed by atoms with van der Waals surface area (Å²) in [6, 6.07) is -0.494. The lowest BCUT2D eigenvalue weighted by Gasteiger charge is -2.44. The molecule has 0 bridgehead atoms. The molecule has 6 nitrogen and oxygen atoms in total. The maximum Gasteiger partial charge on any atom is 0.305 e. The predicted octanol–water partition coefficient (Wildman–Crippen LogP) is -0.0712. The molecule has 1 aliphatic heterocycles. The second-order valence-corrected chi connectivity index (χ2v) is 4.44. The minimum atomic E-state index is -0.959. The van der Waals surface area contributed by atoms with Crippen LogP contribution in [0.3, 0.4) is 0 Å². The van der Waals surface area contributed by atoms with Crippen LogP contribution in [0.2, 0.25) is 0 Å². The zero-order chi connectivity index (χ0) is 13.2. The summed E-state index contributed by atoms with van der Waals surface area (Å²) in [5.41, 5.74) is 0. The third-order valence-electron chi connectivity index (χ3n) is 3.06. The van der Waals surface area contributed by atoms with Crippen molar-refractivity contribution in [2.24, 2.45) is 0 Å². The predicted molar refractivity (Wildman–Crippen MR) is 60.3 cm³/mol. The summed E-state index contributed by atoms with van der Waals surface area (Å²) in [5.74, 6) is -1.19. The van der Waals surface area contributed by atoms with Crippen molar-refractivity contribution in [3.63, 3.8) is 0 Å². The van der Waals surface area contributed by atoms with Crippen molar-refractivity contribution in [3.8, 4) is 0 Å². The number of aliphatic carboxylic acids is 1. The number of nitrogens with zero attached hydrogens (tertiary/aromatic N) is 2. The van der Waals surface area contributed by atoms with E-state index >= 15 is 0 Å². The van der Waals surface area contributed by atoms with Gasteiger partial charge >= 0.3 is 5.97 Å². The number of hydrogen-bond acceptors (Lipinski definition) is 3. The summed E-state index contributed by atoms with van der Waals surface area (Å²) in [7, 11) is 0. The fourth-order valence-corrected chi connectivity index (χ4v) is 2.24. The first-order valence-corrected chi connectivity index (χ1v) is 5.59. The normalized spacial score (nSPS) is 24.6. The number of hydrogen-bond donors (Lipinski definition) is 1. The highest BCUT2D eigenvalue weighted by Crippen LogP contribution is 2.18. The number of carbonyl (C=O) groups is 3. The Labute approximate surface area is 100 Å². The van der Waals surface area contributed by atoms with E-state index in [0.29, 0.717) is 13.1 Å². The van der Waals surface area contributed by atoms with Crippen LogP contribution in [-0.4, -0.2) is 57.9 Å². The summed E-state index contributed by atoms with van der Waals surface area (Å²) in [6.45, 7) is 5.42. The lowest BCUT2D eigenvalue weighted by Crippen LogP contribution is -2.60. The maximum atomic E-state index is 11.4. The fraction of sp³-hybridized carbons (Fsp3) is 0.727. The number of piperazine rings is 1. The molecule has 0 spiro atoms. The summed E-state index contributed by atoms with van der Waals surface area (Å²) < 4.78 is 0. The summed E-state index contributed by atoms with van der Waals surface area (Å²) >= 11 is 0. The van der Waals surface area contributed by atoms with Gasteiger partial charge in [0.25, 0.3) is 0 Å². The van der Waals surface area contributed by atoms with Gasteiger partial charge in [-0.05, 0) is 6.92 Å². The Balaban J connectivity index is 2.84. The molecule has 0 aromatic heterocycles. The molecule has 1 heterocycles. The molecule has 0 aromatic rings. The molecule has 0 unspecified atom stereocenters. The summed E-state index contributed by atoms with van der Waals surface area (Å²) in [4.78, 5) is 36.7. The van der Waals surface area contributed by atoms with E-state index in [-0.39, 0.29) is 24.3 Å². The fourth-order valence-electron chi connectivity index (χ4n) is 2.24. The molecule has 1 aliphatic rings. The highest BCUT2D eigenvalue weighted by atomic mass is 16.4. The lowest BCUT2D eigenvalue weighted by molar-refractivity contribution is -0.148. The van der Waals surface area contributed by atoms with Crippen LogP contribution < -0.4 is 0 Å². The zero-order valence-corrected chi connectivity index (χ0v) is 10.3. The standard InChI is InChI=1S/C11H18N2O4/c1-7-5-13(9(3)15)10(4-11(16)17)6-12(7)8(2)14/h7,10H,4-6H2,1-3H3,(H,16,17)/t7-,10-/m1/s1. The van der Waals surface area contributed by atoms with Crippen LogP contribution in [0.15, 0.2) is 0 Å². The molecule has 1 N–H and O–H groups in total. The van der Waals surface area contributed by atoms with Crippen molar-refractivity contribution in [2.45, 2.75) is 39.3 Å². The maximum absolute atomic E-state index is 11.4. The Morgan fingerprint density at radius 1 is 1.12 bits per heavy atom. The molecule has 96 valence electrons. The van der Waals surface area contributed by atoms with Crippen molar-refractivity contribution in [1.29, 1.82) is 0 Å². The third-order valence-corrected chi connectivity index (χ3v) is 3.06. The minimum Gasteiger partial charge on any atom is -0.481 e. The Hall–Kier alpha value is -1.59. The van der Waals surface area contributed by atoms with Gasteiger partial charge in [0.05, 0.1) is 12.5 Å². The molecular weight excluding hydrogens is 224 g/mol. The van der Waals surface area contributed by atoms with Gasteiger partial charge in [-0.2, -0.15) is 0 Å². The van der Waals surface area contributed by atoms with E-state index in [2.05, 4.69) is 0 Å². The van der Waals surface area contributed by atoms with Crippen molar-refractivity contribution in [2.75, 3.05) is 13.1 Å². The molecule has 2 atom stereocenters. The first-order valence-electron chi connectivity index (χ1n) is 5.59. The number of rotatable bonds is 2.